The molecule has 4 unspecified atom stereocenters. The standard InChI is InChI=1S/C18H29FN2/c1-5-16(17-9-7-14(19)11-20-17)21-18-10-13(4)6-8-15(18)12(2)3/h7,9,11-13,15-16,18,21H,5-6,8,10H2,1-4H3. The number of pyridine rings is 1. The zero-order chi connectivity index (χ0) is 15.4. The summed E-state index contributed by atoms with van der Waals surface area (Å²) < 4.78 is 13.0. The quantitative estimate of drug-likeness (QED) is 0.849. The van der Waals surface area contributed by atoms with E-state index in [9.17, 15) is 4.39 Å². The van der Waals surface area contributed by atoms with E-state index >= 15 is 0 Å². The monoisotopic (exact) mass is 292 g/mol. The lowest BCUT2D eigenvalue weighted by Gasteiger charge is -2.39. The predicted octanol–water partition coefficient (Wildman–Crippen LogP) is 4.72. The van der Waals surface area contributed by atoms with E-state index in [1.54, 1.807) is 0 Å². The van der Waals surface area contributed by atoms with Crippen molar-refractivity contribution in [2.45, 2.75) is 65.5 Å². The topological polar surface area (TPSA) is 24.9 Å². The van der Waals surface area contributed by atoms with E-state index in [0.717, 1.165) is 24.0 Å². The molecule has 1 aliphatic carbocycles. The molecule has 1 heterocycles. The van der Waals surface area contributed by atoms with Gasteiger partial charge in [-0.1, -0.05) is 34.1 Å². The number of rotatable bonds is 5. The Balaban J connectivity index is 2.09. The fourth-order valence-corrected chi connectivity index (χ4v) is 3.66. The highest BCUT2D eigenvalue weighted by Gasteiger charge is 2.32. The van der Waals surface area contributed by atoms with Crippen molar-refractivity contribution in [1.82, 2.24) is 10.3 Å². The van der Waals surface area contributed by atoms with Crippen LogP contribution < -0.4 is 5.32 Å². The van der Waals surface area contributed by atoms with Crippen LogP contribution in [0.25, 0.3) is 0 Å². The smallest absolute Gasteiger partial charge is 0.141 e. The number of aromatic nitrogens is 1. The highest BCUT2D eigenvalue weighted by molar-refractivity contribution is 5.10. The second-order valence-corrected chi connectivity index (χ2v) is 6.96. The SMILES string of the molecule is CCC(NC1CC(C)CCC1C(C)C)c1ccc(F)cn1. The molecule has 2 rings (SSSR count). The summed E-state index contributed by atoms with van der Waals surface area (Å²) in [5.41, 5.74) is 0.958. The van der Waals surface area contributed by atoms with Crippen LogP contribution in [0.3, 0.4) is 0 Å². The van der Waals surface area contributed by atoms with E-state index in [2.05, 4.69) is 38.0 Å². The molecule has 118 valence electrons. The van der Waals surface area contributed by atoms with Gasteiger partial charge >= 0.3 is 0 Å². The van der Waals surface area contributed by atoms with Crippen molar-refractivity contribution in [2.24, 2.45) is 17.8 Å². The molecule has 0 amide bonds. The summed E-state index contributed by atoms with van der Waals surface area (Å²) in [4.78, 5) is 4.27. The lowest BCUT2D eigenvalue weighted by atomic mass is 9.73. The maximum absolute atomic E-state index is 13.0. The summed E-state index contributed by atoms with van der Waals surface area (Å²) in [5.74, 6) is 1.96. The zero-order valence-electron chi connectivity index (χ0n) is 13.8. The van der Waals surface area contributed by atoms with Crippen molar-refractivity contribution in [3.63, 3.8) is 0 Å². The summed E-state index contributed by atoms with van der Waals surface area (Å²) in [6, 6.07) is 4.09. The van der Waals surface area contributed by atoms with Gasteiger partial charge in [-0.05, 0) is 49.1 Å². The third kappa shape index (κ3) is 4.26. The molecular formula is C18H29FN2. The van der Waals surface area contributed by atoms with Crippen molar-refractivity contribution in [3.05, 3.63) is 29.8 Å². The molecule has 0 bridgehead atoms. The third-order valence-corrected chi connectivity index (χ3v) is 4.95. The van der Waals surface area contributed by atoms with Gasteiger partial charge in [-0.15, -0.1) is 0 Å². The minimum Gasteiger partial charge on any atom is -0.306 e. The van der Waals surface area contributed by atoms with Crippen molar-refractivity contribution in [2.75, 3.05) is 0 Å². The lowest BCUT2D eigenvalue weighted by Crippen LogP contribution is -2.44. The molecule has 0 saturated heterocycles. The van der Waals surface area contributed by atoms with Gasteiger partial charge in [0.15, 0.2) is 0 Å². The molecule has 0 aromatic carbocycles. The Hall–Kier alpha value is -0.960. The van der Waals surface area contributed by atoms with Crippen molar-refractivity contribution in [1.29, 1.82) is 0 Å². The fraction of sp³-hybridized carbons (Fsp3) is 0.722. The lowest BCUT2D eigenvalue weighted by molar-refractivity contribution is 0.157. The van der Waals surface area contributed by atoms with Crippen LogP contribution in [0.2, 0.25) is 0 Å². The molecule has 1 aromatic rings. The molecule has 21 heavy (non-hydrogen) atoms. The van der Waals surface area contributed by atoms with Crippen LogP contribution in [0.1, 0.15) is 65.1 Å². The Morgan fingerprint density at radius 2 is 2.10 bits per heavy atom. The molecule has 2 nitrogen and oxygen atoms in total. The van der Waals surface area contributed by atoms with Crippen LogP contribution in [0.15, 0.2) is 18.3 Å². The van der Waals surface area contributed by atoms with Crippen LogP contribution >= 0.6 is 0 Å². The fourth-order valence-electron chi connectivity index (χ4n) is 3.66. The average Bonchev–Trinajstić information content (AvgIpc) is 2.45. The predicted molar refractivity (Wildman–Crippen MR) is 85.5 cm³/mol. The van der Waals surface area contributed by atoms with Crippen molar-refractivity contribution in [3.8, 4) is 0 Å². The molecule has 4 atom stereocenters. The van der Waals surface area contributed by atoms with E-state index in [1.165, 1.54) is 31.5 Å². The van der Waals surface area contributed by atoms with E-state index in [4.69, 9.17) is 0 Å². The van der Waals surface area contributed by atoms with E-state index in [1.807, 2.05) is 6.07 Å². The molecule has 1 saturated carbocycles. The number of nitrogens with one attached hydrogen (secondary N) is 1. The van der Waals surface area contributed by atoms with Crippen molar-refractivity contribution < 1.29 is 4.39 Å². The first-order chi connectivity index (χ1) is 10.0. The Bertz CT molecular complexity index is 429. The van der Waals surface area contributed by atoms with Crippen LogP contribution in [0.5, 0.6) is 0 Å². The highest BCUT2D eigenvalue weighted by atomic mass is 19.1. The van der Waals surface area contributed by atoms with Crippen LogP contribution in [-0.2, 0) is 0 Å². The molecule has 0 spiro atoms. The first-order valence-corrected chi connectivity index (χ1v) is 8.38. The maximum atomic E-state index is 13.0. The molecule has 3 heteroatoms. The summed E-state index contributed by atoms with van der Waals surface area (Å²) in [7, 11) is 0. The van der Waals surface area contributed by atoms with Gasteiger partial charge < -0.3 is 5.32 Å². The Morgan fingerprint density at radius 3 is 2.67 bits per heavy atom. The van der Waals surface area contributed by atoms with E-state index < -0.39 is 0 Å². The van der Waals surface area contributed by atoms with Gasteiger partial charge in [-0.3, -0.25) is 4.98 Å². The van der Waals surface area contributed by atoms with Gasteiger partial charge in [-0.2, -0.15) is 0 Å². The van der Waals surface area contributed by atoms with Crippen LogP contribution in [0, 0.1) is 23.6 Å². The second kappa shape index (κ2) is 7.35. The second-order valence-electron chi connectivity index (χ2n) is 6.96. The number of hydrogen-bond donors (Lipinski definition) is 1. The minimum absolute atomic E-state index is 0.224. The first-order valence-electron chi connectivity index (χ1n) is 8.38. The van der Waals surface area contributed by atoms with Crippen LogP contribution in [-0.4, -0.2) is 11.0 Å². The Kier molecular flexibility index (Phi) is 5.74. The zero-order valence-corrected chi connectivity index (χ0v) is 13.8. The van der Waals surface area contributed by atoms with Gasteiger partial charge in [0, 0.05) is 12.1 Å². The molecule has 1 fully saturated rings. The maximum Gasteiger partial charge on any atom is 0.141 e. The molecular weight excluding hydrogens is 263 g/mol. The first kappa shape index (κ1) is 16.4. The highest BCUT2D eigenvalue weighted by Crippen LogP contribution is 2.35. The summed E-state index contributed by atoms with van der Waals surface area (Å²) in [5, 5.41) is 3.82. The van der Waals surface area contributed by atoms with Gasteiger partial charge in [0.25, 0.3) is 0 Å². The van der Waals surface area contributed by atoms with Gasteiger partial charge in [0.2, 0.25) is 0 Å². The van der Waals surface area contributed by atoms with E-state index in [0.29, 0.717) is 12.0 Å². The molecule has 0 aliphatic heterocycles. The normalized spacial score (nSPS) is 27.8. The number of nitrogens with zero attached hydrogens (tertiary/aromatic N) is 1. The number of hydrogen-bond acceptors (Lipinski definition) is 2. The Labute approximate surface area is 128 Å². The largest absolute Gasteiger partial charge is 0.306 e. The average molecular weight is 292 g/mol. The third-order valence-electron chi connectivity index (χ3n) is 4.95. The van der Waals surface area contributed by atoms with Crippen molar-refractivity contribution >= 4 is 0 Å². The summed E-state index contributed by atoms with van der Waals surface area (Å²) in [6.45, 7) is 9.17. The Morgan fingerprint density at radius 1 is 1.33 bits per heavy atom. The summed E-state index contributed by atoms with van der Waals surface area (Å²) >= 11 is 0. The molecule has 1 N–H and O–H groups in total. The minimum atomic E-state index is -0.264. The van der Waals surface area contributed by atoms with Gasteiger partial charge in [0.1, 0.15) is 5.82 Å². The van der Waals surface area contributed by atoms with Gasteiger partial charge in [-0.25, -0.2) is 4.39 Å². The van der Waals surface area contributed by atoms with E-state index in [-0.39, 0.29) is 11.9 Å². The molecule has 0 radical (unpaired) electrons. The van der Waals surface area contributed by atoms with Crippen LogP contribution in [0.4, 0.5) is 4.39 Å². The molecule has 1 aliphatic rings. The number of halogens is 1. The molecule has 1 aromatic heterocycles. The van der Waals surface area contributed by atoms with Gasteiger partial charge in [0.05, 0.1) is 11.9 Å². The summed E-state index contributed by atoms with van der Waals surface area (Å²) in [6.07, 6.45) is 6.19.